The Morgan fingerprint density at radius 2 is 1.84 bits per heavy atom. The second kappa shape index (κ2) is 10.5. The van der Waals surface area contributed by atoms with Crippen LogP contribution in [0.1, 0.15) is 13.3 Å². The number of rotatable bonds is 8. The van der Waals surface area contributed by atoms with E-state index >= 15 is 0 Å². The average molecular weight is 348 g/mol. The number of carbonyl (C=O) groups excluding carboxylic acids is 3. The summed E-state index contributed by atoms with van der Waals surface area (Å²) >= 11 is 0. The molecule has 1 aromatic carbocycles. The van der Waals surface area contributed by atoms with Gasteiger partial charge in [-0.25, -0.2) is 14.0 Å². The Labute approximate surface area is 144 Å². The van der Waals surface area contributed by atoms with Gasteiger partial charge < -0.3 is 14.2 Å². The van der Waals surface area contributed by atoms with Gasteiger partial charge in [0.15, 0.2) is 0 Å². The lowest BCUT2D eigenvalue weighted by Crippen LogP contribution is -2.06. The molecule has 6 nitrogen and oxygen atoms in total. The molecule has 0 bridgehead atoms. The van der Waals surface area contributed by atoms with Crippen LogP contribution in [0.25, 0.3) is 0 Å². The Morgan fingerprint density at radius 1 is 1.16 bits per heavy atom. The van der Waals surface area contributed by atoms with Crippen molar-refractivity contribution < 1.29 is 33.0 Å². The molecule has 25 heavy (non-hydrogen) atoms. The van der Waals surface area contributed by atoms with Crippen molar-refractivity contribution in [3.63, 3.8) is 0 Å². The predicted octanol–water partition coefficient (Wildman–Crippen LogP) is 2.85. The van der Waals surface area contributed by atoms with Gasteiger partial charge in [0.1, 0.15) is 17.3 Å². The number of benzene rings is 1. The molecule has 0 aliphatic carbocycles. The first-order chi connectivity index (χ1) is 12.0. The van der Waals surface area contributed by atoms with Gasteiger partial charge in [-0.15, -0.1) is 0 Å². The fourth-order valence-corrected chi connectivity index (χ4v) is 1.66. The van der Waals surface area contributed by atoms with Crippen molar-refractivity contribution in [3.8, 4) is 5.75 Å². The van der Waals surface area contributed by atoms with E-state index in [0.29, 0.717) is 17.9 Å². The topological polar surface area (TPSA) is 78.9 Å². The van der Waals surface area contributed by atoms with Crippen LogP contribution in [0.5, 0.6) is 5.75 Å². The molecular formula is C18H17FO6. The van der Waals surface area contributed by atoms with Gasteiger partial charge in [0.05, 0.1) is 12.7 Å². The van der Waals surface area contributed by atoms with Gasteiger partial charge >= 0.3 is 18.4 Å². The fourth-order valence-electron chi connectivity index (χ4n) is 1.66. The van der Waals surface area contributed by atoms with Crippen molar-refractivity contribution in [2.45, 2.75) is 13.3 Å². The molecule has 0 N–H and O–H groups in total. The number of hydrogen-bond donors (Lipinski definition) is 0. The maximum Gasteiger partial charge on any atom is 0.338 e. The number of methoxy groups -OCH3 is 1. The maximum atomic E-state index is 13.0. The fraction of sp³-hybridized carbons (Fsp3) is 0.167. The van der Waals surface area contributed by atoms with E-state index in [-0.39, 0.29) is 12.0 Å². The van der Waals surface area contributed by atoms with E-state index in [0.717, 1.165) is 12.2 Å². The molecule has 0 aliphatic heterocycles. The van der Waals surface area contributed by atoms with Crippen LogP contribution in [0.4, 0.5) is 4.39 Å². The van der Waals surface area contributed by atoms with Crippen molar-refractivity contribution in [3.05, 3.63) is 65.7 Å². The number of ether oxygens (including phenoxy) is 3. The van der Waals surface area contributed by atoms with Gasteiger partial charge in [0.25, 0.3) is 0 Å². The lowest BCUT2D eigenvalue weighted by Gasteiger charge is -2.08. The predicted molar refractivity (Wildman–Crippen MR) is 86.8 cm³/mol. The molecule has 0 unspecified atom stereocenters. The first kappa shape index (κ1) is 19.8. The lowest BCUT2D eigenvalue weighted by molar-refractivity contribution is -0.147. The first-order valence-electron chi connectivity index (χ1n) is 7.26. The zero-order chi connectivity index (χ0) is 18.7. The van der Waals surface area contributed by atoms with E-state index in [1.807, 2.05) is 6.92 Å². The molecular weight excluding hydrogens is 331 g/mol. The van der Waals surface area contributed by atoms with Crippen LogP contribution in [-0.2, 0) is 23.9 Å². The molecule has 0 amide bonds. The zero-order valence-electron chi connectivity index (χ0n) is 13.7. The smallest absolute Gasteiger partial charge is 0.338 e. The van der Waals surface area contributed by atoms with Gasteiger partial charge in [-0.05, 0) is 48.9 Å². The summed E-state index contributed by atoms with van der Waals surface area (Å²) in [5.41, 5.74) is -0.00726. The summed E-state index contributed by atoms with van der Waals surface area (Å²) in [5, 5.41) is 0. The Hall–Kier alpha value is -3.22. The van der Waals surface area contributed by atoms with E-state index in [2.05, 4.69) is 9.47 Å². The van der Waals surface area contributed by atoms with Crippen molar-refractivity contribution in [1.29, 1.82) is 0 Å². The van der Waals surface area contributed by atoms with Crippen LogP contribution in [-0.4, -0.2) is 25.5 Å². The third-order valence-electron chi connectivity index (χ3n) is 2.74. The first-order valence-corrected chi connectivity index (χ1v) is 7.26. The number of hydrogen-bond acceptors (Lipinski definition) is 6. The molecule has 0 spiro atoms. The summed E-state index contributed by atoms with van der Waals surface area (Å²) in [5.74, 6) is -1.41. The Balaban J connectivity index is 3.08. The summed E-state index contributed by atoms with van der Waals surface area (Å²) in [7, 11) is 1.18. The van der Waals surface area contributed by atoms with Crippen molar-refractivity contribution in [2.75, 3.05) is 7.11 Å². The summed E-state index contributed by atoms with van der Waals surface area (Å²) < 4.78 is 27.3. The van der Waals surface area contributed by atoms with Crippen LogP contribution in [0.3, 0.4) is 0 Å². The monoisotopic (exact) mass is 348 g/mol. The number of carbonyl (C=O) groups is 3. The second-order valence-electron chi connectivity index (χ2n) is 4.53. The van der Waals surface area contributed by atoms with Crippen LogP contribution < -0.4 is 4.74 Å². The maximum absolute atomic E-state index is 13.0. The number of halogens is 1. The summed E-state index contributed by atoms with van der Waals surface area (Å²) in [6, 6.07) is 5.34. The molecule has 0 fully saturated rings. The molecule has 0 atom stereocenters. The Kier molecular flexibility index (Phi) is 8.35. The average Bonchev–Trinajstić information content (AvgIpc) is 2.60. The minimum atomic E-state index is -0.940. The molecule has 0 saturated heterocycles. The molecule has 1 aromatic rings. The third-order valence-corrected chi connectivity index (χ3v) is 2.74. The zero-order valence-corrected chi connectivity index (χ0v) is 13.7. The minimum Gasteiger partial charge on any atom is -0.465 e. The van der Waals surface area contributed by atoms with Crippen molar-refractivity contribution in [1.82, 2.24) is 0 Å². The third kappa shape index (κ3) is 7.26. The van der Waals surface area contributed by atoms with Gasteiger partial charge in [-0.3, -0.25) is 4.79 Å². The highest BCUT2D eigenvalue weighted by atomic mass is 19.1. The Bertz CT molecular complexity index is 701. The largest absolute Gasteiger partial charge is 0.465 e. The summed E-state index contributed by atoms with van der Waals surface area (Å²) in [6.45, 7) is 1.84. The highest BCUT2D eigenvalue weighted by Crippen LogP contribution is 2.17. The minimum absolute atomic E-state index is 0.00726. The SMILES string of the molecule is CC\C=C(/C=C(\C=C\C(=O)OC=O)C(=O)OC)Oc1ccc(F)cc1. The highest BCUT2D eigenvalue weighted by molar-refractivity contribution is 5.95. The van der Waals surface area contributed by atoms with Gasteiger partial charge in [-0.1, -0.05) is 6.92 Å². The second-order valence-corrected chi connectivity index (χ2v) is 4.53. The molecule has 0 aliphatic rings. The van der Waals surface area contributed by atoms with E-state index in [4.69, 9.17) is 4.74 Å². The highest BCUT2D eigenvalue weighted by Gasteiger charge is 2.10. The number of allylic oxidation sites excluding steroid dienone is 2. The van der Waals surface area contributed by atoms with Gasteiger partial charge in [0, 0.05) is 6.08 Å². The lowest BCUT2D eigenvalue weighted by atomic mass is 10.2. The van der Waals surface area contributed by atoms with Gasteiger partial charge in [0.2, 0.25) is 0 Å². The molecule has 0 saturated carbocycles. The Morgan fingerprint density at radius 3 is 2.40 bits per heavy atom. The van der Waals surface area contributed by atoms with Crippen LogP contribution in [0, 0.1) is 5.82 Å². The molecule has 132 valence electrons. The van der Waals surface area contributed by atoms with E-state index < -0.39 is 17.8 Å². The van der Waals surface area contributed by atoms with Crippen molar-refractivity contribution >= 4 is 18.4 Å². The molecule has 0 aromatic heterocycles. The van der Waals surface area contributed by atoms with E-state index in [1.54, 1.807) is 6.08 Å². The van der Waals surface area contributed by atoms with Crippen LogP contribution in [0.15, 0.2) is 59.9 Å². The standard InChI is InChI=1S/C18H17FO6/c1-3-4-16(25-15-8-6-14(19)7-9-15)11-13(18(22)23-2)5-10-17(21)24-12-20/h4-12H,3H2,1-2H3/b10-5+,13-11+,16-4+. The molecule has 0 radical (unpaired) electrons. The van der Waals surface area contributed by atoms with Crippen LogP contribution >= 0.6 is 0 Å². The van der Waals surface area contributed by atoms with Crippen molar-refractivity contribution in [2.24, 2.45) is 0 Å². The summed E-state index contributed by atoms with van der Waals surface area (Å²) in [4.78, 5) is 33.1. The molecule has 0 heterocycles. The normalized spacial score (nSPS) is 12.0. The summed E-state index contributed by atoms with van der Waals surface area (Å²) in [6.07, 6.45) is 5.67. The number of esters is 2. The molecule has 1 rings (SSSR count). The van der Waals surface area contributed by atoms with E-state index in [1.165, 1.54) is 37.5 Å². The van der Waals surface area contributed by atoms with E-state index in [9.17, 15) is 18.8 Å². The van der Waals surface area contributed by atoms with Gasteiger partial charge in [-0.2, -0.15) is 0 Å². The quantitative estimate of drug-likeness (QED) is 0.179. The van der Waals surface area contributed by atoms with Crippen LogP contribution in [0.2, 0.25) is 0 Å². The molecule has 7 heteroatoms.